The Morgan fingerprint density at radius 2 is 1.52 bits per heavy atom. The van der Waals surface area contributed by atoms with Crippen molar-refractivity contribution in [1.29, 1.82) is 0 Å². The van der Waals surface area contributed by atoms with Gasteiger partial charge in [0.05, 0.1) is 6.04 Å². The second kappa shape index (κ2) is 7.27. The fourth-order valence-electron chi connectivity index (χ4n) is 6.04. The van der Waals surface area contributed by atoms with Crippen molar-refractivity contribution in [3.05, 3.63) is 35.9 Å². The van der Waals surface area contributed by atoms with Crippen LogP contribution in [0.25, 0.3) is 0 Å². The quantitative estimate of drug-likeness (QED) is 0.744. The van der Waals surface area contributed by atoms with Gasteiger partial charge >= 0.3 is 6.03 Å². The van der Waals surface area contributed by atoms with Crippen molar-refractivity contribution >= 4 is 11.9 Å². The SMILES string of the molecule is C[C@H](N[C@H](C)c1ccccc1)C(=O)NC(=O)NC12CC3CC(CC(C3)C1)C2. The predicted octanol–water partition coefficient (Wildman–Crippen LogP) is 3.52. The molecule has 27 heavy (non-hydrogen) atoms. The highest BCUT2D eigenvalue weighted by atomic mass is 16.2. The molecular weight excluding hydrogens is 338 g/mol. The van der Waals surface area contributed by atoms with Crippen LogP contribution in [0.5, 0.6) is 0 Å². The number of urea groups is 1. The van der Waals surface area contributed by atoms with E-state index in [1.807, 2.05) is 37.3 Å². The van der Waals surface area contributed by atoms with Gasteiger partial charge in [0.1, 0.15) is 0 Å². The zero-order valence-electron chi connectivity index (χ0n) is 16.3. The number of hydrogen-bond donors (Lipinski definition) is 3. The molecule has 0 radical (unpaired) electrons. The Bertz CT molecular complexity index is 667. The van der Waals surface area contributed by atoms with Gasteiger partial charge in [0.15, 0.2) is 0 Å². The van der Waals surface area contributed by atoms with Crippen LogP contribution < -0.4 is 16.0 Å². The van der Waals surface area contributed by atoms with Gasteiger partial charge in [0.2, 0.25) is 5.91 Å². The van der Waals surface area contributed by atoms with Crippen LogP contribution >= 0.6 is 0 Å². The van der Waals surface area contributed by atoms with Gasteiger partial charge in [-0.05, 0) is 75.7 Å². The Balaban J connectivity index is 1.29. The Morgan fingerprint density at radius 3 is 2.07 bits per heavy atom. The van der Waals surface area contributed by atoms with Gasteiger partial charge < -0.3 is 5.32 Å². The molecule has 0 heterocycles. The van der Waals surface area contributed by atoms with Crippen molar-refractivity contribution in [2.24, 2.45) is 17.8 Å². The first kappa shape index (κ1) is 18.5. The number of hydrogen-bond acceptors (Lipinski definition) is 3. The highest BCUT2D eigenvalue weighted by Gasteiger charge is 2.51. The third-order valence-electron chi connectivity index (χ3n) is 6.85. The maximum atomic E-state index is 12.5. The average Bonchev–Trinajstić information content (AvgIpc) is 2.60. The van der Waals surface area contributed by atoms with Crippen molar-refractivity contribution in [3.63, 3.8) is 0 Å². The summed E-state index contributed by atoms with van der Waals surface area (Å²) >= 11 is 0. The van der Waals surface area contributed by atoms with Gasteiger partial charge in [-0.3, -0.25) is 15.4 Å². The van der Waals surface area contributed by atoms with Crippen molar-refractivity contribution in [2.75, 3.05) is 0 Å². The molecule has 4 saturated carbocycles. The molecule has 4 aliphatic rings. The molecule has 3 amide bonds. The molecule has 4 bridgehead atoms. The normalized spacial score (nSPS) is 33.3. The van der Waals surface area contributed by atoms with Crippen LogP contribution in [0.3, 0.4) is 0 Å². The van der Waals surface area contributed by atoms with E-state index in [-0.39, 0.29) is 23.5 Å². The fraction of sp³-hybridized carbons (Fsp3) is 0.636. The summed E-state index contributed by atoms with van der Waals surface area (Å²) in [4.78, 5) is 25.0. The smallest absolute Gasteiger partial charge is 0.321 e. The summed E-state index contributed by atoms with van der Waals surface area (Å²) in [6.45, 7) is 3.82. The van der Waals surface area contributed by atoms with Crippen molar-refractivity contribution < 1.29 is 9.59 Å². The Kier molecular flexibility index (Phi) is 4.97. The first-order valence-electron chi connectivity index (χ1n) is 10.4. The van der Waals surface area contributed by atoms with Crippen LogP contribution in [0.2, 0.25) is 0 Å². The molecule has 5 heteroatoms. The number of nitrogens with one attached hydrogen (secondary N) is 3. The van der Waals surface area contributed by atoms with E-state index >= 15 is 0 Å². The zero-order valence-corrected chi connectivity index (χ0v) is 16.3. The molecule has 2 atom stereocenters. The van der Waals surface area contributed by atoms with Gasteiger partial charge in [-0.2, -0.15) is 0 Å². The average molecular weight is 370 g/mol. The topological polar surface area (TPSA) is 70.2 Å². The van der Waals surface area contributed by atoms with E-state index in [9.17, 15) is 9.59 Å². The number of carbonyl (C=O) groups excluding carboxylic acids is 2. The first-order valence-corrected chi connectivity index (χ1v) is 10.4. The molecule has 5 rings (SSSR count). The zero-order chi connectivity index (χ0) is 19.0. The van der Waals surface area contributed by atoms with E-state index in [0.29, 0.717) is 0 Å². The second-order valence-corrected chi connectivity index (χ2v) is 9.16. The van der Waals surface area contributed by atoms with E-state index in [1.165, 1.54) is 19.3 Å². The molecule has 0 unspecified atom stereocenters. The van der Waals surface area contributed by atoms with Crippen LogP contribution in [0.15, 0.2) is 30.3 Å². The van der Waals surface area contributed by atoms with Crippen LogP contribution in [-0.4, -0.2) is 23.5 Å². The minimum absolute atomic E-state index is 0.0400. The molecule has 4 aliphatic carbocycles. The highest BCUT2D eigenvalue weighted by molar-refractivity contribution is 5.97. The Hall–Kier alpha value is -1.88. The maximum absolute atomic E-state index is 12.5. The van der Waals surface area contributed by atoms with Crippen molar-refractivity contribution in [2.45, 2.75) is 70.0 Å². The van der Waals surface area contributed by atoms with E-state index in [4.69, 9.17) is 0 Å². The molecule has 0 aromatic heterocycles. The van der Waals surface area contributed by atoms with Crippen LogP contribution in [0.4, 0.5) is 4.79 Å². The monoisotopic (exact) mass is 369 g/mol. The van der Waals surface area contributed by atoms with Gasteiger partial charge in [-0.15, -0.1) is 0 Å². The molecule has 1 aromatic rings. The molecule has 146 valence electrons. The predicted molar refractivity (Wildman–Crippen MR) is 105 cm³/mol. The lowest BCUT2D eigenvalue weighted by Gasteiger charge is -2.56. The van der Waals surface area contributed by atoms with Crippen molar-refractivity contribution in [1.82, 2.24) is 16.0 Å². The summed E-state index contributed by atoms with van der Waals surface area (Å²) in [5, 5.41) is 9.03. The molecule has 0 spiro atoms. The highest BCUT2D eigenvalue weighted by Crippen LogP contribution is 2.55. The number of rotatable bonds is 5. The van der Waals surface area contributed by atoms with E-state index in [0.717, 1.165) is 42.6 Å². The Labute approximate surface area is 161 Å². The minimum Gasteiger partial charge on any atom is -0.332 e. The van der Waals surface area contributed by atoms with Gasteiger partial charge in [-0.25, -0.2) is 4.79 Å². The van der Waals surface area contributed by atoms with E-state index in [2.05, 4.69) is 16.0 Å². The minimum atomic E-state index is -0.442. The second-order valence-electron chi connectivity index (χ2n) is 9.16. The molecular formula is C22H31N3O2. The van der Waals surface area contributed by atoms with Crippen molar-refractivity contribution in [3.8, 4) is 0 Å². The lowest BCUT2D eigenvalue weighted by atomic mass is 9.53. The van der Waals surface area contributed by atoms with Crippen LogP contribution in [0, 0.1) is 17.8 Å². The fourth-order valence-corrected chi connectivity index (χ4v) is 6.04. The molecule has 4 fully saturated rings. The molecule has 0 saturated heterocycles. The number of benzene rings is 1. The molecule has 3 N–H and O–H groups in total. The summed E-state index contributed by atoms with van der Waals surface area (Å²) in [6, 6.07) is 9.27. The summed E-state index contributed by atoms with van der Waals surface area (Å²) in [5.74, 6) is 2.01. The summed E-state index contributed by atoms with van der Waals surface area (Å²) < 4.78 is 0. The summed E-state index contributed by atoms with van der Waals surface area (Å²) in [6.07, 6.45) is 7.25. The lowest BCUT2D eigenvalue weighted by molar-refractivity contribution is -0.121. The first-order chi connectivity index (χ1) is 12.9. The maximum Gasteiger partial charge on any atom is 0.321 e. The summed E-state index contributed by atoms with van der Waals surface area (Å²) in [5.41, 5.74) is 1.04. The van der Waals surface area contributed by atoms with Crippen LogP contribution in [0.1, 0.15) is 64.0 Å². The van der Waals surface area contributed by atoms with E-state index in [1.54, 1.807) is 6.92 Å². The number of carbonyl (C=O) groups is 2. The molecule has 1 aromatic carbocycles. The third-order valence-corrected chi connectivity index (χ3v) is 6.85. The standard InChI is InChI=1S/C22H31N3O2/c1-14(19-6-4-3-5-7-19)23-15(2)20(26)24-21(27)25-22-11-16-8-17(12-22)10-18(9-16)13-22/h3-7,14-18,23H,8-13H2,1-2H3,(H2,24,25,26,27)/t14-,15+,16?,17?,18?,22?/m1/s1. The molecule has 5 nitrogen and oxygen atoms in total. The number of imide groups is 1. The summed E-state index contributed by atoms with van der Waals surface area (Å²) in [7, 11) is 0. The Morgan fingerprint density at radius 1 is 0.963 bits per heavy atom. The van der Waals surface area contributed by atoms with Gasteiger partial charge in [-0.1, -0.05) is 30.3 Å². The van der Waals surface area contributed by atoms with Crippen LogP contribution in [-0.2, 0) is 4.79 Å². The lowest BCUT2D eigenvalue weighted by Crippen LogP contribution is -2.62. The van der Waals surface area contributed by atoms with Gasteiger partial charge in [0, 0.05) is 11.6 Å². The molecule has 0 aliphatic heterocycles. The van der Waals surface area contributed by atoms with E-state index < -0.39 is 6.04 Å². The number of amides is 3. The largest absolute Gasteiger partial charge is 0.332 e. The third kappa shape index (κ3) is 4.03. The van der Waals surface area contributed by atoms with Gasteiger partial charge in [0.25, 0.3) is 0 Å².